The highest BCUT2D eigenvalue weighted by Gasteiger charge is 2.16. The van der Waals surface area contributed by atoms with Crippen molar-refractivity contribution < 1.29 is 14.3 Å². The number of methoxy groups -OCH3 is 1. The molecule has 1 aromatic heterocycles. The molecule has 0 aliphatic rings. The van der Waals surface area contributed by atoms with E-state index >= 15 is 0 Å². The molecule has 31 heavy (non-hydrogen) atoms. The van der Waals surface area contributed by atoms with E-state index in [4.69, 9.17) is 9.47 Å². The minimum atomic E-state index is -0.228. The Morgan fingerprint density at radius 1 is 1.19 bits per heavy atom. The number of anilines is 1. The standard InChI is InChI=1S/C25H28N2O3S/c1-17-26-20(16-31-17)15-30-21-8-6-7-18(13-21)9-12-24(28)27-22-14-19(25(2,3)4)10-11-23(22)29-5/h6-14,16H,15H2,1-5H3,(H,27,28)/b12-9+. The highest BCUT2D eigenvalue weighted by Crippen LogP contribution is 2.31. The highest BCUT2D eigenvalue weighted by molar-refractivity contribution is 7.09. The number of aryl methyl sites for hydroxylation is 1. The van der Waals surface area contributed by atoms with Gasteiger partial charge in [0, 0.05) is 11.5 Å². The third kappa shape index (κ3) is 6.43. The summed E-state index contributed by atoms with van der Waals surface area (Å²) in [5.74, 6) is 1.13. The first kappa shape index (κ1) is 22.6. The smallest absolute Gasteiger partial charge is 0.248 e. The van der Waals surface area contributed by atoms with Crippen molar-refractivity contribution >= 4 is 29.0 Å². The summed E-state index contributed by atoms with van der Waals surface area (Å²) in [6, 6.07) is 13.5. The van der Waals surface area contributed by atoms with E-state index in [1.807, 2.05) is 54.8 Å². The molecular weight excluding hydrogens is 408 g/mol. The van der Waals surface area contributed by atoms with Gasteiger partial charge in [-0.05, 0) is 53.8 Å². The van der Waals surface area contributed by atoms with Crippen molar-refractivity contribution in [3.8, 4) is 11.5 Å². The molecule has 0 aliphatic heterocycles. The SMILES string of the molecule is COc1ccc(C(C)(C)C)cc1NC(=O)/C=C/c1cccc(OCc2csc(C)n2)c1. The van der Waals surface area contributed by atoms with Gasteiger partial charge in [-0.3, -0.25) is 4.79 Å². The van der Waals surface area contributed by atoms with Crippen LogP contribution in [0.3, 0.4) is 0 Å². The molecule has 0 bridgehead atoms. The number of aromatic nitrogens is 1. The fourth-order valence-electron chi connectivity index (χ4n) is 2.96. The predicted octanol–water partition coefficient (Wildman–Crippen LogP) is 5.99. The van der Waals surface area contributed by atoms with Crippen LogP contribution in [0.25, 0.3) is 6.08 Å². The molecule has 0 atom stereocenters. The Hall–Kier alpha value is -3.12. The largest absolute Gasteiger partial charge is 0.495 e. The molecule has 0 saturated heterocycles. The number of thiazole rings is 1. The second-order valence-corrected chi connectivity index (χ2v) is 9.27. The molecule has 6 heteroatoms. The van der Waals surface area contributed by atoms with Gasteiger partial charge in [-0.1, -0.05) is 39.0 Å². The molecule has 0 unspecified atom stereocenters. The summed E-state index contributed by atoms with van der Waals surface area (Å²) in [4.78, 5) is 16.9. The van der Waals surface area contributed by atoms with Gasteiger partial charge in [0.2, 0.25) is 5.91 Å². The zero-order chi connectivity index (χ0) is 22.4. The zero-order valence-electron chi connectivity index (χ0n) is 18.6. The first-order chi connectivity index (χ1) is 14.7. The van der Waals surface area contributed by atoms with Gasteiger partial charge >= 0.3 is 0 Å². The average Bonchev–Trinajstić information content (AvgIpc) is 3.15. The van der Waals surface area contributed by atoms with Crippen molar-refractivity contribution in [2.24, 2.45) is 0 Å². The van der Waals surface area contributed by atoms with Gasteiger partial charge < -0.3 is 14.8 Å². The van der Waals surface area contributed by atoms with Crippen molar-refractivity contribution in [2.75, 3.05) is 12.4 Å². The van der Waals surface area contributed by atoms with Gasteiger partial charge in [-0.2, -0.15) is 0 Å². The number of benzene rings is 2. The van der Waals surface area contributed by atoms with Crippen LogP contribution in [-0.2, 0) is 16.8 Å². The molecule has 3 aromatic rings. The van der Waals surface area contributed by atoms with Gasteiger partial charge in [-0.25, -0.2) is 4.98 Å². The summed E-state index contributed by atoms with van der Waals surface area (Å²) in [6.45, 7) is 8.78. The van der Waals surface area contributed by atoms with E-state index < -0.39 is 0 Å². The van der Waals surface area contributed by atoms with Crippen molar-refractivity contribution in [3.63, 3.8) is 0 Å². The maximum atomic E-state index is 12.5. The third-order valence-electron chi connectivity index (χ3n) is 4.66. The van der Waals surface area contributed by atoms with E-state index in [-0.39, 0.29) is 11.3 Å². The molecule has 162 valence electrons. The van der Waals surface area contributed by atoms with Crippen molar-refractivity contribution in [3.05, 3.63) is 75.7 Å². The van der Waals surface area contributed by atoms with Crippen LogP contribution in [0.4, 0.5) is 5.69 Å². The lowest BCUT2D eigenvalue weighted by Crippen LogP contribution is -2.14. The Morgan fingerprint density at radius 3 is 2.68 bits per heavy atom. The number of hydrogen-bond donors (Lipinski definition) is 1. The highest BCUT2D eigenvalue weighted by atomic mass is 32.1. The fourth-order valence-corrected chi connectivity index (χ4v) is 3.56. The van der Waals surface area contributed by atoms with Crippen LogP contribution in [0.5, 0.6) is 11.5 Å². The molecule has 2 aromatic carbocycles. The molecule has 3 rings (SSSR count). The average molecular weight is 437 g/mol. The van der Waals surface area contributed by atoms with Gasteiger partial charge in [0.15, 0.2) is 0 Å². The summed E-state index contributed by atoms with van der Waals surface area (Å²) in [5, 5.41) is 5.93. The van der Waals surface area contributed by atoms with Crippen LogP contribution in [0.1, 0.15) is 42.6 Å². The number of nitrogens with one attached hydrogen (secondary N) is 1. The summed E-state index contributed by atoms with van der Waals surface area (Å²) in [7, 11) is 1.59. The number of nitrogens with zero attached hydrogens (tertiary/aromatic N) is 1. The van der Waals surface area contributed by atoms with Crippen LogP contribution >= 0.6 is 11.3 Å². The molecule has 0 aliphatic carbocycles. The minimum Gasteiger partial charge on any atom is -0.495 e. The molecule has 0 spiro atoms. The lowest BCUT2D eigenvalue weighted by molar-refractivity contribution is -0.111. The first-order valence-corrected chi connectivity index (χ1v) is 10.9. The second kappa shape index (κ2) is 9.79. The molecule has 5 nitrogen and oxygen atoms in total. The van der Waals surface area contributed by atoms with E-state index in [9.17, 15) is 4.79 Å². The monoisotopic (exact) mass is 436 g/mol. The molecule has 0 fully saturated rings. The van der Waals surface area contributed by atoms with E-state index in [0.29, 0.717) is 18.0 Å². The number of carbonyl (C=O) groups excluding carboxylic acids is 1. The lowest BCUT2D eigenvalue weighted by Gasteiger charge is -2.21. The summed E-state index contributed by atoms with van der Waals surface area (Å²) >= 11 is 1.60. The normalized spacial score (nSPS) is 11.5. The number of rotatable bonds is 7. The lowest BCUT2D eigenvalue weighted by atomic mass is 9.87. The number of amides is 1. The molecule has 1 N–H and O–H groups in total. The number of hydrogen-bond acceptors (Lipinski definition) is 5. The zero-order valence-corrected chi connectivity index (χ0v) is 19.4. The maximum absolute atomic E-state index is 12.5. The summed E-state index contributed by atoms with van der Waals surface area (Å²) in [5.41, 5.74) is 3.53. The Bertz CT molecular complexity index is 1080. The van der Waals surface area contributed by atoms with Gasteiger partial charge in [0.1, 0.15) is 18.1 Å². The van der Waals surface area contributed by atoms with Crippen LogP contribution in [0.15, 0.2) is 53.9 Å². The van der Waals surface area contributed by atoms with Gasteiger partial charge in [-0.15, -0.1) is 11.3 Å². The van der Waals surface area contributed by atoms with Crippen LogP contribution in [-0.4, -0.2) is 18.0 Å². The summed E-state index contributed by atoms with van der Waals surface area (Å²) < 4.78 is 11.2. The molecule has 1 amide bonds. The fraction of sp³-hybridized carbons (Fsp3) is 0.280. The summed E-state index contributed by atoms with van der Waals surface area (Å²) in [6.07, 6.45) is 3.27. The quantitative estimate of drug-likeness (QED) is 0.462. The van der Waals surface area contributed by atoms with E-state index in [1.54, 1.807) is 24.5 Å². The van der Waals surface area contributed by atoms with Crippen molar-refractivity contribution in [2.45, 2.75) is 39.7 Å². The van der Waals surface area contributed by atoms with E-state index in [1.165, 1.54) is 6.08 Å². The van der Waals surface area contributed by atoms with E-state index in [0.717, 1.165) is 27.6 Å². The van der Waals surface area contributed by atoms with Crippen molar-refractivity contribution in [1.29, 1.82) is 0 Å². The predicted molar refractivity (Wildman–Crippen MR) is 127 cm³/mol. The molecule has 0 saturated carbocycles. The first-order valence-electron chi connectivity index (χ1n) is 10.1. The van der Waals surface area contributed by atoms with Crippen LogP contribution < -0.4 is 14.8 Å². The van der Waals surface area contributed by atoms with Crippen LogP contribution in [0, 0.1) is 6.92 Å². The van der Waals surface area contributed by atoms with Gasteiger partial charge in [0.05, 0.1) is 23.5 Å². The third-order valence-corrected chi connectivity index (χ3v) is 5.48. The van der Waals surface area contributed by atoms with E-state index in [2.05, 4.69) is 31.1 Å². The molecule has 0 radical (unpaired) electrons. The topological polar surface area (TPSA) is 60.5 Å². The number of ether oxygens (including phenoxy) is 2. The minimum absolute atomic E-state index is 0.0285. The molecule has 1 heterocycles. The van der Waals surface area contributed by atoms with Crippen LogP contribution in [0.2, 0.25) is 0 Å². The van der Waals surface area contributed by atoms with Crippen molar-refractivity contribution in [1.82, 2.24) is 4.98 Å². The Morgan fingerprint density at radius 2 is 2.00 bits per heavy atom. The molecular formula is C25H28N2O3S. The Balaban J connectivity index is 1.66. The Kier molecular flexibility index (Phi) is 7.13. The second-order valence-electron chi connectivity index (χ2n) is 8.21. The van der Waals surface area contributed by atoms with Gasteiger partial charge in [0.25, 0.3) is 0 Å². The maximum Gasteiger partial charge on any atom is 0.248 e. The Labute approximate surface area is 187 Å². The number of carbonyl (C=O) groups is 1.